The molecule has 1 fully saturated rings. The van der Waals surface area contributed by atoms with Crippen LogP contribution in [0.2, 0.25) is 0 Å². The van der Waals surface area contributed by atoms with E-state index in [2.05, 4.69) is 22.0 Å². The molecular formula is C18H27Cl2N5O2. The van der Waals surface area contributed by atoms with E-state index >= 15 is 0 Å². The maximum absolute atomic E-state index is 12.5. The average molecular weight is 416 g/mol. The number of aryl methyl sites for hydroxylation is 2. The Labute approximate surface area is 172 Å². The molecule has 1 aliphatic heterocycles. The molecule has 7 nitrogen and oxygen atoms in total. The van der Waals surface area contributed by atoms with Crippen molar-refractivity contribution in [2.75, 3.05) is 31.9 Å². The first-order chi connectivity index (χ1) is 12.0. The van der Waals surface area contributed by atoms with E-state index < -0.39 is 0 Å². The monoisotopic (exact) mass is 415 g/mol. The van der Waals surface area contributed by atoms with Crippen molar-refractivity contribution < 1.29 is 9.32 Å². The predicted octanol–water partition coefficient (Wildman–Crippen LogP) is 2.64. The number of carbonyl (C=O) groups is 1. The Balaban J connectivity index is 0.00000182. The Morgan fingerprint density at radius 1 is 1.22 bits per heavy atom. The number of halogens is 2. The predicted molar refractivity (Wildman–Crippen MR) is 109 cm³/mol. The molecule has 1 atom stereocenters. The van der Waals surface area contributed by atoms with Crippen LogP contribution in [0.5, 0.6) is 0 Å². The number of para-hydroxylation sites is 1. The van der Waals surface area contributed by atoms with Gasteiger partial charge in [-0.15, -0.1) is 24.8 Å². The van der Waals surface area contributed by atoms with Crippen LogP contribution in [-0.2, 0) is 11.2 Å². The van der Waals surface area contributed by atoms with Crippen LogP contribution in [0.25, 0.3) is 0 Å². The number of hydrogen-bond acceptors (Lipinski definition) is 6. The molecule has 1 aromatic carbocycles. The van der Waals surface area contributed by atoms with E-state index in [0.717, 1.165) is 37.4 Å². The lowest BCUT2D eigenvalue weighted by atomic mass is 10.1. The standard InChI is InChI=1S/C18H25N5O2.2ClH/c1-13(18-20-14(2)21-25-18)22-9-11-23(12-10-22)17(24)8-7-15-5-3-4-6-16(15)19;;/h3-6,13H,7-12,19H2,1-2H3;2*1H. The molecule has 150 valence electrons. The molecule has 1 unspecified atom stereocenters. The van der Waals surface area contributed by atoms with E-state index in [4.69, 9.17) is 10.3 Å². The molecule has 0 radical (unpaired) electrons. The summed E-state index contributed by atoms with van der Waals surface area (Å²) in [7, 11) is 0. The lowest BCUT2D eigenvalue weighted by Gasteiger charge is -2.36. The third-order valence-corrected chi connectivity index (χ3v) is 4.78. The summed E-state index contributed by atoms with van der Waals surface area (Å²) in [6.07, 6.45) is 1.18. The average Bonchev–Trinajstić information content (AvgIpc) is 3.07. The Bertz CT molecular complexity index is 732. The fourth-order valence-electron chi connectivity index (χ4n) is 3.16. The van der Waals surface area contributed by atoms with Gasteiger partial charge in [-0.1, -0.05) is 23.4 Å². The summed E-state index contributed by atoms with van der Waals surface area (Å²) in [6, 6.07) is 7.79. The van der Waals surface area contributed by atoms with Crippen molar-refractivity contribution in [3.8, 4) is 0 Å². The number of piperazine rings is 1. The quantitative estimate of drug-likeness (QED) is 0.754. The molecule has 1 aliphatic rings. The van der Waals surface area contributed by atoms with Gasteiger partial charge in [0.15, 0.2) is 5.82 Å². The minimum Gasteiger partial charge on any atom is -0.399 e. The highest BCUT2D eigenvalue weighted by atomic mass is 35.5. The Morgan fingerprint density at radius 2 is 1.89 bits per heavy atom. The molecule has 9 heteroatoms. The molecule has 3 rings (SSSR count). The van der Waals surface area contributed by atoms with Crippen molar-refractivity contribution in [1.82, 2.24) is 19.9 Å². The Morgan fingerprint density at radius 3 is 2.48 bits per heavy atom. The normalized spacial score (nSPS) is 15.6. The van der Waals surface area contributed by atoms with Crippen LogP contribution in [-0.4, -0.2) is 52.0 Å². The van der Waals surface area contributed by atoms with Gasteiger partial charge < -0.3 is 15.2 Å². The SMILES string of the molecule is Cc1noc(C(C)N2CCN(C(=O)CCc3ccccc3N)CC2)n1.Cl.Cl. The van der Waals surface area contributed by atoms with E-state index in [1.807, 2.05) is 36.1 Å². The van der Waals surface area contributed by atoms with Crippen molar-refractivity contribution in [2.24, 2.45) is 0 Å². The van der Waals surface area contributed by atoms with E-state index in [1.165, 1.54) is 0 Å². The summed E-state index contributed by atoms with van der Waals surface area (Å²) < 4.78 is 5.26. The zero-order valence-corrected chi connectivity index (χ0v) is 17.3. The summed E-state index contributed by atoms with van der Waals surface area (Å²) in [6.45, 7) is 6.93. The van der Waals surface area contributed by atoms with Crippen molar-refractivity contribution in [1.29, 1.82) is 0 Å². The lowest BCUT2D eigenvalue weighted by Crippen LogP contribution is -2.49. The van der Waals surface area contributed by atoms with Gasteiger partial charge in [0.05, 0.1) is 6.04 Å². The molecule has 1 aromatic heterocycles. The summed E-state index contributed by atoms with van der Waals surface area (Å²) in [4.78, 5) is 21.0. The highest BCUT2D eigenvalue weighted by Gasteiger charge is 2.27. The van der Waals surface area contributed by atoms with E-state index in [0.29, 0.717) is 24.6 Å². The minimum absolute atomic E-state index is 0. The highest BCUT2D eigenvalue weighted by molar-refractivity contribution is 5.85. The molecule has 0 spiro atoms. The Kier molecular flexibility index (Phi) is 9.02. The van der Waals surface area contributed by atoms with Gasteiger partial charge in [0.25, 0.3) is 0 Å². The van der Waals surface area contributed by atoms with Crippen molar-refractivity contribution in [3.05, 3.63) is 41.5 Å². The van der Waals surface area contributed by atoms with Crippen LogP contribution >= 0.6 is 24.8 Å². The fourth-order valence-corrected chi connectivity index (χ4v) is 3.16. The van der Waals surface area contributed by atoms with Gasteiger partial charge >= 0.3 is 0 Å². The number of amides is 1. The van der Waals surface area contributed by atoms with Crippen LogP contribution in [0.15, 0.2) is 28.8 Å². The number of carbonyl (C=O) groups excluding carboxylic acids is 1. The van der Waals surface area contributed by atoms with Gasteiger partial charge in [0, 0.05) is 38.3 Å². The van der Waals surface area contributed by atoms with Crippen LogP contribution in [0, 0.1) is 6.92 Å². The number of nitrogens with two attached hydrogens (primary N) is 1. The minimum atomic E-state index is 0. The third-order valence-electron chi connectivity index (χ3n) is 4.78. The van der Waals surface area contributed by atoms with Crippen LogP contribution in [0.1, 0.15) is 36.7 Å². The van der Waals surface area contributed by atoms with E-state index in [-0.39, 0.29) is 36.8 Å². The molecule has 2 N–H and O–H groups in total. The zero-order chi connectivity index (χ0) is 17.8. The van der Waals surface area contributed by atoms with Crippen LogP contribution in [0.4, 0.5) is 5.69 Å². The maximum Gasteiger partial charge on any atom is 0.243 e. The second-order valence-electron chi connectivity index (χ2n) is 6.47. The third kappa shape index (κ3) is 5.82. The van der Waals surface area contributed by atoms with Crippen molar-refractivity contribution >= 4 is 36.4 Å². The van der Waals surface area contributed by atoms with Gasteiger partial charge in [-0.3, -0.25) is 9.69 Å². The molecule has 1 saturated heterocycles. The van der Waals surface area contributed by atoms with Gasteiger partial charge in [0.2, 0.25) is 11.8 Å². The molecule has 2 aromatic rings. The largest absolute Gasteiger partial charge is 0.399 e. The van der Waals surface area contributed by atoms with Gasteiger partial charge in [-0.25, -0.2) is 0 Å². The number of anilines is 1. The van der Waals surface area contributed by atoms with Crippen molar-refractivity contribution in [2.45, 2.75) is 32.7 Å². The maximum atomic E-state index is 12.5. The first-order valence-corrected chi connectivity index (χ1v) is 8.70. The Hall–Kier alpha value is -1.83. The van der Waals surface area contributed by atoms with Crippen molar-refractivity contribution in [3.63, 3.8) is 0 Å². The number of nitrogens with zero attached hydrogens (tertiary/aromatic N) is 4. The highest BCUT2D eigenvalue weighted by Crippen LogP contribution is 2.20. The molecule has 0 saturated carbocycles. The molecule has 0 aliphatic carbocycles. The smallest absolute Gasteiger partial charge is 0.243 e. The van der Waals surface area contributed by atoms with E-state index in [9.17, 15) is 4.79 Å². The number of aromatic nitrogens is 2. The van der Waals surface area contributed by atoms with Crippen LogP contribution in [0.3, 0.4) is 0 Å². The first kappa shape index (κ1) is 23.2. The number of hydrogen-bond donors (Lipinski definition) is 1. The first-order valence-electron chi connectivity index (χ1n) is 8.70. The summed E-state index contributed by atoms with van der Waals surface area (Å²) in [5.41, 5.74) is 7.73. The lowest BCUT2D eigenvalue weighted by molar-refractivity contribution is -0.133. The number of rotatable bonds is 5. The summed E-state index contributed by atoms with van der Waals surface area (Å²) in [5.74, 6) is 1.47. The van der Waals surface area contributed by atoms with Gasteiger partial charge in [0.1, 0.15) is 0 Å². The molecule has 2 heterocycles. The molecule has 27 heavy (non-hydrogen) atoms. The molecular weight excluding hydrogens is 389 g/mol. The van der Waals surface area contributed by atoms with Gasteiger partial charge in [-0.2, -0.15) is 4.98 Å². The molecule has 1 amide bonds. The second-order valence-corrected chi connectivity index (χ2v) is 6.47. The zero-order valence-electron chi connectivity index (χ0n) is 15.6. The molecule has 0 bridgehead atoms. The fraction of sp³-hybridized carbons (Fsp3) is 0.500. The summed E-state index contributed by atoms with van der Waals surface area (Å²) >= 11 is 0. The number of nitrogen functional groups attached to an aromatic ring is 1. The van der Waals surface area contributed by atoms with E-state index in [1.54, 1.807) is 0 Å². The number of benzene rings is 1. The summed E-state index contributed by atoms with van der Waals surface area (Å²) in [5, 5.41) is 3.85. The second kappa shape index (κ2) is 10.5. The topological polar surface area (TPSA) is 88.5 Å². The van der Waals surface area contributed by atoms with Gasteiger partial charge in [-0.05, 0) is 31.9 Å². The van der Waals surface area contributed by atoms with Crippen LogP contribution < -0.4 is 5.73 Å².